The molecule has 0 fully saturated rings. The molecule has 0 N–H and O–H groups in total. The van der Waals surface area contributed by atoms with Crippen LogP contribution in [0.15, 0.2) is 30.5 Å². The Morgan fingerprint density at radius 1 is 1.13 bits per heavy atom. The largest absolute Gasteiger partial charge is 0.237 e. The number of aromatic nitrogens is 2. The maximum atomic E-state index is 6.05. The highest BCUT2D eigenvalue weighted by Gasteiger charge is 2.06. The van der Waals surface area contributed by atoms with E-state index in [0.717, 1.165) is 11.3 Å². The summed E-state index contributed by atoms with van der Waals surface area (Å²) >= 11 is 11.9. The van der Waals surface area contributed by atoms with Gasteiger partial charge in [0.1, 0.15) is 0 Å². The summed E-state index contributed by atoms with van der Waals surface area (Å²) in [6, 6.07) is 7.12. The highest BCUT2D eigenvalue weighted by Crippen LogP contribution is 2.27. The standard InChI is InChI=1S/C11H8Cl2N2/c1-7-4-5-14-11(15-7)9-3-2-8(12)6-10(9)13/h2-6H,1H3. The number of hydrogen-bond acceptors (Lipinski definition) is 2. The SMILES string of the molecule is Cc1ccnc(-c2ccc(Cl)cc2Cl)n1. The lowest BCUT2D eigenvalue weighted by Gasteiger charge is -2.03. The first-order valence-electron chi connectivity index (χ1n) is 4.42. The first-order valence-corrected chi connectivity index (χ1v) is 5.17. The van der Waals surface area contributed by atoms with Crippen molar-refractivity contribution in [3.8, 4) is 11.4 Å². The molecule has 4 heteroatoms. The van der Waals surface area contributed by atoms with Crippen molar-refractivity contribution in [2.45, 2.75) is 6.92 Å². The van der Waals surface area contributed by atoms with Crippen LogP contribution in [0.5, 0.6) is 0 Å². The predicted molar refractivity (Wildman–Crippen MR) is 62.2 cm³/mol. The average molecular weight is 239 g/mol. The molecule has 0 spiro atoms. The van der Waals surface area contributed by atoms with E-state index in [1.807, 2.05) is 19.1 Å². The highest BCUT2D eigenvalue weighted by molar-refractivity contribution is 6.36. The second-order valence-corrected chi connectivity index (χ2v) is 3.99. The minimum absolute atomic E-state index is 0.563. The molecule has 0 amide bonds. The number of benzene rings is 1. The molecule has 0 atom stereocenters. The van der Waals surface area contributed by atoms with Crippen LogP contribution in [0, 0.1) is 6.92 Å². The molecule has 2 nitrogen and oxygen atoms in total. The quantitative estimate of drug-likeness (QED) is 0.757. The van der Waals surface area contributed by atoms with Gasteiger partial charge < -0.3 is 0 Å². The summed E-state index contributed by atoms with van der Waals surface area (Å²) < 4.78 is 0. The van der Waals surface area contributed by atoms with Crippen molar-refractivity contribution < 1.29 is 0 Å². The Kier molecular flexibility index (Phi) is 2.89. The van der Waals surface area contributed by atoms with Crippen LogP contribution in [0.1, 0.15) is 5.69 Å². The lowest BCUT2D eigenvalue weighted by atomic mass is 10.2. The molecule has 0 aliphatic heterocycles. The average Bonchev–Trinajstić information content (AvgIpc) is 2.17. The van der Waals surface area contributed by atoms with Crippen molar-refractivity contribution in [3.63, 3.8) is 0 Å². The van der Waals surface area contributed by atoms with E-state index in [9.17, 15) is 0 Å². The van der Waals surface area contributed by atoms with Gasteiger partial charge in [0.2, 0.25) is 0 Å². The molecule has 15 heavy (non-hydrogen) atoms. The molecule has 0 unspecified atom stereocenters. The second-order valence-electron chi connectivity index (χ2n) is 3.15. The molecule has 1 heterocycles. The first kappa shape index (κ1) is 10.4. The van der Waals surface area contributed by atoms with Gasteiger partial charge in [-0.25, -0.2) is 9.97 Å². The van der Waals surface area contributed by atoms with Crippen LogP contribution in [0.4, 0.5) is 0 Å². The fraction of sp³-hybridized carbons (Fsp3) is 0.0909. The maximum Gasteiger partial charge on any atom is 0.160 e. The van der Waals surface area contributed by atoms with Gasteiger partial charge in [-0.2, -0.15) is 0 Å². The molecule has 0 aliphatic carbocycles. The van der Waals surface area contributed by atoms with Gasteiger partial charge in [0.05, 0.1) is 5.02 Å². The van der Waals surface area contributed by atoms with Gasteiger partial charge in [0.15, 0.2) is 5.82 Å². The summed E-state index contributed by atoms with van der Waals surface area (Å²) in [6.07, 6.45) is 1.71. The van der Waals surface area contributed by atoms with Crippen molar-refractivity contribution in [3.05, 3.63) is 46.2 Å². The molecule has 0 saturated carbocycles. The van der Waals surface area contributed by atoms with Gasteiger partial charge in [0.25, 0.3) is 0 Å². The van der Waals surface area contributed by atoms with E-state index in [-0.39, 0.29) is 0 Å². The fourth-order valence-corrected chi connectivity index (χ4v) is 1.74. The zero-order chi connectivity index (χ0) is 10.8. The van der Waals surface area contributed by atoms with Crippen LogP contribution in [-0.4, -0.2) is 9.97 Å². The summed E-state index contributed by atoms with van der Waals surface area (Å²) in [5.74, 6) is 0.622. The molecule has 0 bridgehead atoms. The third kappa shape index (κ3) is 2.28. The van der Waals surface area contributed by atoms with Crippen molar-refractivity contribution >= 4 is 23.2 Å². The fourth-order valence-electron chi connectivity index (χ4n) is 1.25. The Balaban J connectivity index is 2.54. The molecule has 0 saturated heterocycles. The van der Waals surface area contributed by atoms with E-state index in [1.54, 1.807) is 18.3 Å². The van der Waals surface area contributed by atoms with Crippen LogP contribution >= 0.6 is 23.2 Å². The summed E-state index contributed by atoms with van der Waals surface area (Å²) in [6.45, 7) is 1.91. The predicted octanol–water partition coefficient (Wildman–Crippen LogP) is 3.76. The van der Waals surface area contributed by atoms with Crippen LogP contribution in [0.3, 0.4) is 0 Å². The minimum Gasteiger partial charge on any atom is -0.237 e. The first-order chi connectivity index (χ1) is 7.16. The maximum absolute atomic E-state index is 6.05. The normalized spacial score (nSPS) is 10.3. The molecular weight excluding hydrogens is 231 g/mol. The molecular formula is C11H8Cl2N2. The number of hydrogen-bond donors (Lipinski definition) is 0. The van der Waals surface area contributed by atoms with Crippen LogP contribution in [-0.2, 0) is 0 Å². The zero-order valence-electron chi connectivity index (χ0n) is 8.04. The molecule has 1 aromatic carbocycles. The Morgan fingerprint density at radius 2 is 1.93 bits per heavy atom. The van der Waals surface area contributed by atoms with Crippen LogP contribution < -0.4 is 0 Å². The minimum atomic E-state index is 0.563. The Morgan fingerprint density at radius 3 is 2.60 bits per heavy atom. The summed E-state index contributed by atoms with van der Waals surface area (Å²) in [4.78, 5) is 8.46. The number of nitrogens with zero attached hydrogens (tertiary/aromatic N) is 2. The number of aryl methyl sites for hydroxylation is 1. The van der Waals surface area contributed by atoms with E-state index < -0.39 is 0 Å². The van der Waals surface area contributed by atoms with Crippen molar-refractivity contribution in [2.24, 2.45) is 0 Å². The van der Waals surface area contributed by atoms with Crippen molar-refractivity contribution in [1.29, 1.82) is 0 Å². The van der Waals surface area contributed by atoms with Gasteiger partial charge in [-0.15, -0.1) is 0 Å². The lowest BCUT2D eigenvalue weighted by molar-refractivity contribution is 1.11. The van der Waals surface area contributed by atoms with Crippen molar-refractivity contribution in [1.82, 2.24) is 9.97 Å². The monoisotopic (exact) mass is 238 g/mol. The van der Waals surface area contributed by atoms with Gasteiger partial charge in [-0.3, -0.25) is 0 Å². The van der Waals surface area contributed by atoms with E-state index in [1.165, 1.54) is 0 Å². The van der Waals surface area contributed by atoms with Gasteiger partial charge >= 0.3 is 0 Å². The third-order valence-corrected chi connectivity index (χ3v) is 2.51. The smallest absolute Gasteiger partial charge is 0.160 e. The van der Waals surface area contributed by atoms with Gasteiger partial charge in [-0.1, -0.05) is 23.2 Å². The lowest BCUT2D eigenvalue weighted by Crippen LogP contribution is -1.91. The molecule has 2 rings (SSSR count). The van der Waals surface area contributed by atoms with Crippen molar-refractivity contribution in [2.75, 3.05) is 0 Å². The Bertz CT molecular complexity index is 498. The van der Waals surface area contributed by atoms with E-state index in [4.69, 9.17) is 23.2 Å². The van der Waals surface area contributed by atoms with Crippen LogP contribution in [0.25, 0.3) is 11.4 Å². The molecule has 1 aromatic heterocycles. The van der Waals surface area contributed by atoms with Gasteiger partial charge in [0, 0.05) is 22.5 Å². The summed E-state index contributed by atoms with van der Waals surface area (Å²) in [5, 5.41) is 1.17. The van der Waals surface area contributed by atoms with E-state index in [2.05, 4.69) is 9.97 Å². The molecule has 0 radical (unpaired) electrons. The molecule has 2 aromatic rings. The highest BCUT2D eigenvalue weighted by atomic mass is 35.5. The topological polar surface area (TPSA) is 25.8 Å². The van der Waals surface area contributed by atoms with Crippen LogP contribution in [0.2, 0.25) is 10.0 Å². The van der Waals surface area contributed by atoms with Gasteiger partial charge in [-0.05, 0) is 31.2 Å². The Labute approximate surface area is 97.9 Å². The van der Waals surface area contributed by atoms with E-state index >= 15 is 0 Å². The third-order valence-electron chi connectivity index (χ3n) is 1.97. The van der Waals surface area contributed by atoms with E-state index in [0.29, 0.717) is 15.9 Å². The second kappa shape index (κ2) is 4.17. The zero-order valence-corrected chi connectivity index (χ0v) is 9.55. The summed E-state index contributed by atoms with van der Waals surface area (Å²) in [5.41, 5.74) is 1.70. The summed E-state index contributed by atoms with van der Waals surface area (Å²) in [7, 11) is 0. The number of rotatable bonds is 1. The number of halogens is 2. The molecule has 76 valence electrons. The Hall–Kier alpha value is -1.12. The molecule has 0 aliphatic rings.